The van der Waals surface area contributed by atoms with Crippen molar-refractivity contribution in [2.24, 2.45) is 0 Å². The molecule has 0 spiro atoms. The van der Waals surface area contributed by atoms with Crippen LogP contribution in [-0.2, 0) is 4.79 Å². The SMILES string of the molecule is Nc1cnc(NCC(=O)N2CCNCC2)nc1. The number of piperazine rings is 1. The molecule has 1 aliphatic rings. The first kappa shape index (κ1) is 11.6. The summed E-state index contributed by atoms with van der Waals surface area (Å²) in [5, 5.41) is 6.08. The van der Waals surface area contributed by atoms with Crippen LogP contribution in [0.15, 0.2) is 12.4 Å². The average Bonchev–Trinajstić information content (AvgIpc) is 2.39. The Morgan fingerprint density at radius 3 is 2.71 bits per heavy atom. The Morgan fingerprint density at radius 1 is 1.41 bits per heavy atom. The molecule has 1 amide bonds. The molecule has 1 aromatic rings. The Hall–Kier alpha value is -1.89. The number of aromatic nitrogens is 2. The molecular weight excluding hydrogens is 220 g/mol. The van der Waals surface area contributed by atoms with Gasteiger partial charge in [0, 0.05) is 26.2 Å². The molecule has 0 saturated carbocycles. The number of nitrogens with two attached hydrogens (primary N) is 1. The van der Waals surface area contributed by atoms with E-state index < -0.39 is 0 Å². The molecule has 0 aromatic carbocycles. The first-order valence-corrected chi connectivity index (χ1v) is 5.55. The first-order chi connectivity index (χ1) is 8.25. The summed E-state index contributed by atoms with van der Waals surface area (Å²) in [5.74, 6) is 0.481. The van der Waals surface area contributed by atoms with E-state index in [9.17, 15) is 4.79 Å². The predicted octanol–water partition coefficient (Wildman–Crippen LogP) is -1.10. The van der Waals surface area contributed by atoms with Crippen molar-refractivity contribution in [3.8, 4) is 0 Å². The predicted molar refractivity (Wildman–Crippen MR) is 64.4 cm³/mol. The van der Waals surface area contributed by atoms with E-state index in [4.69, 9.17) is 5.73 Å². The molecule has 4 N–H and O–H groups in total. The van der Waals surface area contributed by atoms with Crippen molar-refractivity contribution >= 4 is 17.5 Å². The van der Waals surface area contributed by atoms with Gasteiger partial charge in [-0.3, -0.25) is 4.79 Å². The molecule has 0 bridgehead atoms. The smallest absolute Gasteiger partial charge is 0.242 e. The molecule has 7 heteroatoms. The minimum atomic E-state index is 0.0620. The van der Waals surface area contributed by atoms with Gasteiger partial charge in [0.25, 0.3) is 0 Å². The number of hydrogen-bond donors (Lipinski definition) is 3. The van der Waals surface area contributed by atoms with Crippen LogP contribution in [0.5, 0.6) is 0 Å². The zero-order chi connectivity index (χ0) is 12.1. The molecule has 0 atom stereocenters. The molecule has 1 fully saturated rings. The first-order valence-electron chi connectivity index (χ1n) is 5.55. The van der Waals surface area contributed by atoms with Gasteiger partial charge < -0.3 is 21.3 Å². The fraction of sp³-hybridized carbons (Fsp3) is 0.500. The summed E-state index contributed by atoms with van der Waals surface area (Å²) in [7, 11) is 0. The Labute approximate surface area is 99.4 Å². The molecular formula is C10H16N6O. The van der Waals surface area contributed by atoms with Gasteiger partial charge in [-0.25, -0.2) is 9.97 Å². The van der Waals surface area contributed by atoms with E-state index in [0.717, 1.165) is 26.2 Å². The standard InChI is InChI=1S/C10H16N6O/c11-8-5-13-10(14-6-8)15-7-9(17)16-3-1-12-2-4-16/h5-6,12H,1-4,7,11H2,(H,13,14,15). The third kappa shape index (κ3) is 3.28. The van der Waals surface area contributed by atoms with Crippen molar-refractivity contribution in [1.29, 1.82) is 0 Å². The monoisotopic (exact) mass is 236 g/mol. The maximum Gasteiger partial charge on any atom is 0.242 e. The maximum absolute atomic E-state index is 11.8. The fourth-order valence-corrected chi connectivity index (χ4v) is 1.61. The Morgan fingerprint density at radius 2 is 2.06 bits per heavy atom. The molecule has 2 rings (SSSR count). The van der Waals surface area contributed by atoms with E-state index in [1.165, 1.54) is 12.4 Å². The largest absolute Gasteiger partial charge is 0.396 e. The molecule has 0 unspecified atom stereocenters. The van der Waals surface area contributed by atoms with Gasteiger partial charge in [-0.1, -0.05) is 0 Å². The van der Waals surface area contributed by atoms with Crippen LogP contribution in [-0.4, -0.2) is 53.5 Å². The topological polar surface area (TPSA) is 96.2 Å². The zero-order valence-electron chi connectivity index (χ0n) is 9.52. The minimum Gasteiger partial charge on any atom is -0.396 e. The normalized spacial score (nSPS) is 15.6. The van der Waals surface area contributed by atoms with Crippen molar-refractivity contribution < 1.29 is 4.79 Å². The van der Waals surface area contributed by atoms with Crippen molar-refractivity contribution in [3.63, 3.8) is 0 Å². The number of nitrogens with one attached hydrogen (secondary N) is 2. The molecule has 0 aliphatic carbocycles. The number of carbonyl (C=O) groups excluding carboxylic acids is 1. The van der Waals surface area contributed by atoms with Crippen LogP contribution in [0.2, 0.25) is 0 Å². The van der Waals surface area contributed by atoms with Crippen LogP contribution < -0.4 is 16.4 Å². The van der Waals surface area contributed by atoms with Crippen LogP contribution in [0.25, 0.3) is 0 Å². The van der Waals surface area contributed by atoms with Gasteiger partial charge in [-0.05, 0) is 0 Å². The van der Waals surface area contributed by atoms with E-state index in [-0.39, 0.29) is 12.5 Å². The lowest BCUT2D eigenvalue weighted by molar-refractivity contribution is -0.129. The van der Waals surface area contributed by atoms with E-state index in [1.54, 1.807) is 0 Å². The molecule has 92 valence electrons. The van der Waals surface area contributed by atoms with Gasteiger partial charge in [-0.15, -0.1) is 0 Å². The second-order valence-corrected chi connectivity index (χ2v) is 3.82. The quantitative estimate of drug-likeness (QED) is 0.616. The summed E-state index contributed by atoms with van der Waals surface area (Å²) in [4.78, 5) is 21.5. The lowest BCUT2D eigenvalue weighted by Crippen LogP contribution is -2.48. The molecule has 1 saturated heterocycles. The maximum atomic E-state index is 11.8. The van der Waals surface area contributed by atoms with Crippen LogP contribution in [0, 0.1) is 0 Å². The molecule has 2 heterocycles. The van der Waals surface area contributed by atoms with E-state index in [0.29, 0.717) is 11.6 Å². The third-order valence-corrected chi connectivity index (χ3v) is 2.54. The zero-order valence-corrected chi connectivity index (χ0v) is 9.52. The van der Waals surface area contributed by atoms with Gasteiger partial charge in [0.2, 0.25) is 11.9 Å². The van der Waals surface area contributed by atoms with E-state index >= 15 is 0 Å². The van der Waals surface area contributed by atoms with Gasteiger partial charge in [0.1, 0.15) is 0 Å². The number of carbonyl (C=O) groups is 1. The number of nitrogens with zero attached hydrogens (tertiary/aromatic N) is 3. The Kier molecular flexibility index (Phi) is 3.71. The molecule has 17 heavy (non-hydrogen) atoms. The highest BCUT2D eigenvalue weighted by Gasteiger charge is 2.15. The highest BCUT2D eigenvalue weighted by atomic mass is 16.2. The van der Waals surface area contributed by atoms with Crippen LogP contribution in [0.3, 0.4) is 0 Å². The molecule has 7 nitrogen and oxygen atoms in total. The number of hydrogen-bond acceptors (Lipinski definition) is 6. The summed E-state index contributed by atoms with van der Waals surface area (Å²) in [5.41, 5.74) is 5.97. The fourth-order valence-electron chi connectivity index (χ4n) is 1.61. The van der Waals surface area contributed by atoms with Crippen LogP contribution in [0.1, 0.15) is 0 Å². The van der Waals surface area contributed by atoms with E-state index in [2.05, 4.69) is 20.6 Å². The highest BCUT2D eigenvalue weighted by Crippen LogP contribution is 2.01. The van der Waals surface area contributed by atoms with Gasteiger partial charge in [-0.2, -0.15) is 0 Å². The number of rotatable bonds is 3. The van der Waals surface area contributed by atoms with Crippen molar-refractivity contribution in [1.82, 2.24) is 20.2 Å². The number of amides is 1. The lowest BCUT2D eigenvalue weighted by Gasteiger charge is -2.27. The van der Waals surface area contributed by atoms with Crippen molar-refractivity contribution in [2.75, 3.05) is 43.8 Å². The molecule has 0 radical (unpaired) electrons. The minimum absolute atomic E-state index is 0.0620. The van der Waals surface area contributed by atoms with Gasteiger partial charge in [0.05, 0.1) is 24.6 Å². The Balaban J connectivity index is 1.81. The lowest BCUT2D eigenvalue weighted by atomic mass is 10.3. The Bertz CT molecular complexity index is 373. The summed E-state index contributed by atoms with van der Waals surface area (Å²) in [6, 6.07) is 0. The second-order valence-electron chi connectivity index (χ2n) is 3.82. The van der Waals surface area contributed by atoms with Gasteiger partial charge >= 0.3 is 0 Å². The van der Waals surface area contributed by atoms with Gasteiger partial charge in [0.15, 0.2) is 0 Å². The number of nitrogen functional groups attached to an aromatic ring is 1. The summed E-state index contributed by atoms with van der Waals surface area (Å²) < 4.78 is 0. The van der Waals surface area contributed by atoms with Crippen LogP contribution >= 0.6 is 0 Å². The van der Waals surface area contributed by atoms with Crippen molar-refractivity contribution in [2.45, 2.75) is 0 Å². The highest BCUT2D eigenvalue weighted by molar-refractivity contribution is 5.80. The van der Waals surface area contributed by atoms with Crippen LogP contribution in [0.4, 0.5) is 11.6 Å². The third-order valence-electron chi connectivity index (χ3n) is 2.54. The molecule has 1 aliphatic heterocycles. The summed E-state index contributed by atoms with van der Waals surface area (Å²) >= 11 is 0. The average molecular weight is 236 g/mol. The van der Waals surface area contributed by atoms with Crippen molar-refractivity contribution in [3.05, 3.63) is 12.4 Å². The van der Waals surface area contributed by atoms with E-state index in [1.807, 2.05) is 4.90 Å². The second kappa shape index (κ2) is 5.44. The molecule has 1 aromatic heterocycles. The number of anilines is 2. The summed E-state index contributed by atoms with van der Waals surface area (Å²) in [6.07, 6.45) is 3.01. The summed E-state index contributed by atoms with van der Waals surface area (Å²) in [6.45, 7) is 3.42.